The highest BCUT2D eigenvalue weighted by Crippen LogP contribution is 2.26. The molecule has 92 valence electrons. The van der Waals surface area contributed by atoms with Gasteiger partial charge < -0.3 is 4.98 Å². The Balaban J connectivity index is 2.14. The lowest BCUT2D eigenvalue weighted by atomic mass is 10.2. The largest absolute Gasteiger partial charge is 0.361 e. The van der Waals surface area contributed by atoms with Crippen LogP contribution in [0.5, 0.6) is 0 Å². The lowest BCUT2D eigenvalue weighted by Crippen LogP contribution is -1.98. The molecule has 3 aromatic heterocycles. The van der Waals surface area contributed by atoms with Gasteiger partial charge in [0.15, 0.2) is 5.65 Å². The fourth-order valence-corrected chi connectivity index (χ4v) is 2.27. The Morgan fingerprint density at radius 2 is 2.11 bits per heavy atom. The normalized spacial score (nSPS) is 11.4. The maximum atomic E-state index is 14.2. The molecule has 0 aliphatic rings. The van der Waals surface area contributed by atoms with Crippen molar-refractivity contribution in [3.8, 4) is 5.69 Å². The first-order chi connectivity index (χ1) is 9.34. The molecule has 0 bridgehead atoms. The number of imidazole rings is 1. The zero-order valence-electron chi connectivity index (χ0n) is 9.71. The number of benzene rings is 1. The fourth-order valence-electron chi connectivity index (χ4n) is 2.27. The molecule has 0 aliphatic heterocycles. The molecule has 4 rings (SSSR count). The summed E-state index contributed by atoms with van der Waals surface area (Å²) in [6.07, 6.45) is 6.37. The van der Waals surface area contributed by atoms with E-state index in [1.807, 2.05) is 6.07 Å². The van der Waals surface area contributed by atoms with Gasteiger partial charge in [0.05, 0.1) is 11.9 Å². The van der Waals surface area contributed by atoms with Crippen LogP contribution in [-0.4, -0.2) is 24.5 Å². The standard InChI is InChI=1S/C13H8FN5/c14-9-1-2-10-8(3-4-16-10)12(9)19-7-18-11-5-15-6-17-13(11)19/h1-7,16H. The van der Waals surface area contributed by atoms with Gasteiger partial charge in [-0.05, 0) is 18.2 Å². The van der Waals surface area contributed by atoms with E-state index in [0.717, 1.165) is 10.9 Å². The van der Waals surface area contributed by atoms with Crippen LogP contribution in [0.15, 0.2) is 43.2 Å². The number of fused-ring (bicyclic) bond motifs is 2. The second-order valence-electron chi connectivity index (χ2n) is 4.18. The molecule has 0 unspecified atom stereocenters. The van der Waals surface area contributed by atoms with Gasteiger partial charge in [-0.3, -0.25) is 4.57 Å². The Hall–Kier alpha value is -2.76. The molecule has 5 nitrogen and oxygen atoms in total. The molecule has 0 aliphatic carbocycles. The monoisotopic (exact) mass is 253 g/mol. The number of nitrogens with one attached hydrogen (secondary N) is 1. The fraction of sp³-hybridized carbons (Fsp3) is 0. The predicted molar refractivity (Wildman–Crippen MR) is 68.5 cm³/mol. The minimum Gasteiger partial charge on any atom is -0.361 e. The summed E-state index contributed by atoms with van der Waals surface area (Å²) < 4.78 is 15.8. The summed E-state index contributed by atoms with van der Waals surface area (Å²) in [5.41, 5.74) is 2.53. The smallest absolute Gasteiger partial charge is 0.167 e. The first kappa shape index (κ1) is 10.2. The molecule has 0 amide bonds. The molecule has 0 radical (unpaired) electrons. The van der Waals surface area contributed by atoms with Gasteiger partial charge in [0.2, 0.25) is 0 Å². The van der Waals surface area contributed by atoms with Crippen molar-refractivity contribution in [1.29, 1.82) is 0 Å². The Labute approximate surface area is 106 Å². The summed E-state index contributed by atoms with van der Waals surface area (Å²) >= 11 is 0. The number of hydrogen-bond donors (Lipinski definition) is 1. The molecular weight excluding hydrogens is 245 g/mol. The second kappa shape index (κ2) is 3.61. The molecule has 0 fully saturated rings. The lowest BCUT2D eigenvalue weighted by molar-refractivity contribution is 0.621. The second-order valence-corrected chi connectivity index (χ2v) is 4.18. The highest BCUT2D eigenvalue weighted by atomic mass is 19.1. The number of halogens is 1. The third-order valence-electron chi connectivity index (χ3n) is 3.11. The number of aromatic amines is 1. The topological polar surface area (TPSA) is 59.4 Å². The summed E-state index contributed by atoms with van der Waals surface area (Å²) in [5.74, 6) is -0.315. The highest BCUT2D eigenvalue weighted by molar-refractivity contribution is 5.90. The zero-order chi connectivity index (χ0) is 12.8. The number of hydrogen-bond acceptors (Lipinski definition) is 3. The Morgan fingerprint density at radius 3 is 3.05 bits per heavy atom. The maximum absolute atomic E-state index is 14.2. The Kier molecular flexibility index (Phi) is 1.94. The van der Waals surface area contributed by atoms with Crippen LogP contribution in [-0.2, 0) is 0 Å². The van der Waals surface area contributed by atoms with Gasteiger partial charge >= 0.3 is 0 Å². The average molecular weight is 253 g/mol. The van der Waals surface area contributed by atoms with Crippen molar-refractivity contribution in [2.24, 2.45) is 0 Å². The SMILES string of the molecule is Fc1ccc2[nH]ccc2c1-n1cnc2cncnc21. The van der Waals surface area contributed by atoms with Gasteiger partial charge in [0, 0.05) is 17.1 Å². The molecular formula is C13H8FN5. The molecule has 0 saturated carbocycles. The average Bonchev–Trinajstić information content (AvgIpc) is 3.05. The summed E-state index contributed by atoms with van der Waals surface area (Å²) in [4.78, 5) is 15.3. The van der Waals surface area contributed by atoms with Crippen LogP contribution < -0.4 is 0 Å². The molecule has 6 heteroatoms. The molecule has 3 heterocycles. The van der Waals surface area contributed by atoms with Gasteiger partial charge in [-0.2, -0.15) is 0 Å². The van der Waals surface area contributed by atoms with E-state index >= 15 is 0 Å². The van der Waals surface area contributed by atoms with Crippen LogP contribution >= 0.6 is 0 Å². The van der Waals surface area contributed by atoms with Crippen molar-refractivity contribution in [1.82, 2.24) is 24.5 Å². The van der Waals surface area contributed by atoms with Crippen LogP contribution in [0, 0.1) is 5.82 Å². The van der Waals surface area contributed by atoms with Crippen LogP contribution in [0.4, 0.5) is 4.39 Å². The Bertz CT molecular complexity index is 892. The van der Waals surface area contributed by atoms with Gasteiger partial charge in [-0.1, -0.05) is 0 Å². The summed E-state index contributed by atoms with van der Waals surface area (Å²) in [6.45, 7) is 0. The van der Waals surface area contributed by atoms with Gasteiger partial charge in [-0.15, -0.1) is 0 Å². The molecule has 1 N–H and O–H groups in total. The number of rotatable bonds is 1. The molecule has 1 aromatic carbocycles. The van der Waals surface area contributed by atoms with Crippen molar-refractivity contribution in [2.45, 2.75) is 0 Å². The van der Waals surface area contributed by atoms with Crippen LogP contribution in [0.1, 0.15) is 0 Å². The van der Waals surface area contributed by atoms with E-state index in [0.29, 0.717) is 16.9 Å². The third-order valence-corrected chi connectivity index (χ3v) is 3.11. The number of aromatic nitrogens is 5. The zero-order valence-corrected chi connectivity index (χ0v) is 9.71. The van der Waals surface area contributed by atoms with E-state index in [4.69, 9.17) is 0 Å². The van der Waals surface area contributed by atoms with E-state index < -0.39 is 0 Å². The van der Waals surface area contributed by atoms with E-state index in [9.17, 15) is 4.39 Å². The highest BCUT2D eigenvalue weighted by Gasteiger charge is 2.14. The minimum absolute atomic E-state index is 0.315. The molecule has 19 heavy (non-hydrogen) atoms. The number of H-pyrrole nitrogens is 1. The summed E-state index contributed by atoms with van der Waals surface area (Å²) in [7, 11) is 0. The van der Waals surface area contributed by atoms with Crippen molar-refractivity contribution in [3.05, 3.63) is 49.1 Å². The lowest BCUT2D eigenvalue weighted by Gasteiger charge is -2.06. The maximum Gasteiger partial charge on any atom is 0.167 e. The van der Waals surface area contributed by atoms with Gasteiger partial charge in [0.1, 0.15) is 24.0 Å². The first-order valence-electron chi connectivity index (χ1n) is 5.73. The van der Waals surface area contributed by atoms with Crippen LogP contribution in [0.2, 0.25) is 0 Å². The summed E-state index contributed by atoms with van der Waals surface area (Å²) in [6, 6.07) is 4.98. The van der Waals surface area contributed by atoms with E-state index in [-0.39, 0.29) is 5.82 Å². The summed E-state index contributed by atoms with van der Waals surface area (Å²) in [5, 5.41) is 0.790. The van der Waals surface area contributed by atoms with Crippen LogP contribution in [0.25, 0.3) is 27.8 Å². The molecule has 0 spiro atoms. The van der Waals surface area contributed by atoms with Crippen molar-refractivity contribution < 1.29 is 4.39 Å². The Morgan fingerprint density at radius 1 is 1.16 bits per heavy atom. The molecule has 4 aromatic rings. The van der Waals surface area contributed by atoms with Gasteiger partial charge in [-0.25, -0.2) is 19.3 Å². The molecule has 0 saturated heterocycles. The van der Waals surface area contributed by atoms with Crippen molar-refractivity contribution in [2.75, 3.05) is 0 Å². The first-order valence-corrected chi connectivity index (χ1v) is 5.73. The number of nitrogens with zero attached hydrogens (tertiary/aromatic N) is 4. The quantitative estimate of drug-likeness (QED) is 0.566. The predicted octanol–water partition coefficient (Wildman–Crippen LogP) is 2.44. The van der Waals surface area contributed by atoms with Gasteiger partial charge in [0.25, 0.3) is 0 Å². The van der Waals surface area contributed by atoms with Crippen LogP contribution in [0.3, 0.4) is 0 Å². The van der Waals surface area contributed by atoms with Crippen molar-refractivity contribution in [3.63, 3.8) is 0 Å². The molecule has 0 atom stereocenters. The third kappa shape index (κ3) is 1.36. The minimum atomic E-state index is -0.315. The van der Waals surface area contributed by atoms with Crippen molar-refractivity contribution >= 4 is 22.1 Å². The van der Waals surface area contributed by atoms with E-state index in [1.54, 1.807) is 29.4 Å². The van der Waals surface area contributed by atoms with E-state index in [1.165, 1.54) is 12.4 Å². The van der Waals surface area contributed by atoms with E-state index in [2.05, 4.69) is 19.9 Å².